The van der Waals surface area contributed by atoms with E-state index in [1.54, 1.807) is 11.0 Å². The molecule has 1 atom stereocenters. The minimum atomic E-state index is -1.26. The summed E-state index contributed by atoms with van der Waals surface area (Å²) < 4.78 is 1.38. The minimum absolute atomic E-state index is 0.0720. The zero-order chi connectivity index (χ0) is 25.4. The molecule has 1 aliphatic heterocycles. The normalized spacial score (nSPS) is 17.4. The van der Waals surface area contributed by atoms with Crippen molar-refractivity contribution in [3.05, 3.63) is 34.6 Å². The molecular formula is C22H19ClN10O3. The van der Waals surface area contributed by atoms with E-state index >= 15 is 0 Å². The number of carbonyl (C=O) groups is 2. The molecule has 13 nitrogen and oxygen atoms in total. The molecule has 4 N–H and O–H groups in total. The van der Waals surface area contributed by atoms with Gasteiger partial charge in [0.05, 0.1) is 46.8 Å². The Labute approximate surface area is 209 Å². The second-order valence-electron chi connectivity index (χ2n) is 8.47. The molecule has 2 aliphatic rings. The van der Waals surface area contributed by atoms with Crippen LogP contribution in [0.2, 0.25) is 5.02 Å². The highest BCUT2D eigenvalue weighted by Gasteiger charge is 2.30. The maximum absolute atomic E-state index is 12.5. The van der Waals surface area contributed by atoms with Crippen LogP contribution in [0.4, 0.5) is 27.9 Å². The van der Waals surface area contributed by atoms with E-state index in [9.17, 15) is 20.1 Å². The number of Topliss-reactive ketones (excluding diaryl/α,β-unsaturated/α-hetero) is 1. The van der Waals surface area contributed by atoms with Gasteiger partial charge in [0.15, 0.2) is 22.9 Å². The van der Waals surface area contributed by atoms with Crippen LogP contribution in [0.5, 0.6) is 0 Å². The van der Waals surface area contributed by atoms with Crippen molar-refractivity contribution in [2.45, 2.75) is 31.3 Å². The van der Waals surface area contributed by atoms with Crippen molar-refractivity contribution in [2.24, 2.45) is 0 Å². The molecule has 2 aromatic heterocycles. The summed E-state index contributed by atoms with van der Waals surface area (Å²) in [6.45, 7) is 0.278. The molecule has 1 aliphatic carbocycles. The summed E-state index contributed by atoms with van der Waals surface area (Å²) >= 11 is 6.70. The fourth-order valence-corrected chi connectivity index (χ4v) is 4.25. The maximum Gasteiger partial charge on any atom is 0.405 e. The lowest BCUT2D eigenvalue weighted by Crippen LogP contribution is -2.51. The number of imidazole rings is 1. The summed E-state index contributed by atoms with van der Waals surface area (Å²) in [7, 11) is 0. The average molecular weight is 507 g/mol. The first-order valence-electron chi connectivity index (χ1n) is 11.1. The Morgan fingerprint density at radius 1 is 1.22 bits per heavy atom. The number of aromatic nitrogens is 4. The molecule has 0 spiro atoms. The van der Waals surface area contributed by atoms with Gasteiger partial charge >= 0.3 is 6.09 Å². The summed E-state index contributed by atoms with van der Waals surface area (Å²) in [5.74, 6) is 0.289. The number of amides is 1. The van der Waals surface area contributed by atoms with E-state index in [-0.39, 0.29) is 47.0 Å². The third kappa shape index (κ3) is 4.52. The zero-order valence-corrected chi connectivity index (χ0v) is 19.5. The van der Waals surface area contributed by atoms with Crippen molar-refractivity contribution >= 4 is 52.3 Å². The van der Waals surface area contributed by atoms with Crippen molar-refractivity contribution in [1.29, 1.82) is 10.5 Å². The number of hydrogen-bond donors (Lipinski definition) is 4. The molecule has 3 heterocycles. The van der Waals surface area contributed by atoms with E-state index in [1.165, 1.54) is 16.8 Å². The number of halogens is 1. The number of nitrogens with one attached hydrogen (secondary N) is 3. The SMILES string of the molecule is N#Cc1cc(Nc2nc(NC3CC3)c3ncc(C#N)n3n2)c(Cl)c(N2CCC(NC(=O)O)C(=O)C2)c1. The summed E-state index contributed by atoms with van der Waals surface area (Å²) in [6.07, 6.45) is 2.41. The maximum atomic E-state index is 12.5. The molecule has 1 unspecified atom stereocenters. The first kappa shape index (κ1) is 23.1. The highest BCUT2D eigenvalue weighted by molar-refractivity contribution is 6.36. The number of piperidine rings is 1. The number of carbonyl (C=O) groups excluding carboxylic acids is 1. The predicted molar refractivity (Wildman–Crippen MR) is 128 cm³/mol. The number of ketones is 1. The molecular weight excluding hydrogens is 488 g/mol. The quantitative estimate of drug-likeness (QED) is 0.384. The Kier molecular flexibility index (Phi) is 5.91. The lowest BCUT2D eigenvalue weighted by atomic mass is 10.0. The Bertz CT molecular complexity index is 1470. The summed E-state index contributed by atoms with van der Waals surface area (Å²) in [4.78, 5) is 33.9. The standard InChI is InChI=1S/C22H19ClN10O3/c23-18-15(5-11(7-24)6-16(18)32-4-3-14(17(34)10-32)29-22(35)36)28-21-30-19(27-12-1-2-12)20-26-9-13(8-25)33(20)31-21/h5-6,9,12,14,29H,1-4,10H2,(H,35,36)(H2,27,28,30,31). The van der Waals surface area contributed by atoms with Gasteiger partial charge in [-0.3, -0.25) is 4.79 Å². The number of carboxylic acid groups (broad SMARTS) is 1. The Hall–Kier alpha value is -4.62. The molecule has 1 saturated carbocycles. The van der Waals surface area contributed by atoms with Crippen molar-refractivity contribution < 1.29 is 14.7 Å². The van der Waals surface area contributed by atoms with Crippen LogP contribution in [-0.4, -0.2) is 61.7 Å². The van der Waals surface area contributed by atoms with Crippen molar-refractivity contribution in [2.75, 3.05) is 28.6 Å². The van der Waals surface area contributed by atoms with Crippen LogP contribution < -0.4 is 20.9 Å². The van der Waals surface area contributed by atoms with Gasteiger partial charge in [0.1, 0.15) is 6.07 Å². The number of nitriles is 2. The van der Waals surface area contributed by atoms with E-state index in [0.29, 0.717) is 29.4 Å². The molecule has 14 heteroatoms. The van der Waals surface area contributed by atoms with E-state index in [2.05, 4.69) is 37.1 Å². The van der Waals surface area contributed by atoms with Crippen LogP contribution in [0, 0.1) is 22.7 Å². The zero-order valence-electron chi connectivity index (χ0n) is 18.7. The van der Waals surface area contributed by atoms with E-state index in [1.807, 2.05) is 6.07 Å². The lowest BCUT2D eigenvalue weighted by molar-refractivity contribution is -0.120. The van der Waals surface area contributed by atoms with E-state index < -0.39 is 12.1 Å². The molecule has 36 heavy (non-hydrogen) atoms. The van der Waals surface area contributed by atoms with Gasteiger partial charge in [0.25, 0.3) is 0 Å². The second-order valence-corrected chi connectivity index (χ2v) is 8.84. The summed E-state index contributed by atoms with van der Waals surface area (Å²) in [5.41, 5.74) is 1.70. The molecule has 1 saturated heterocycles. The van der Waals surface area contributed by atoms with Gasteiger partial charge in [-0.15, -0.1) is 5.10 Å². The number of rotatable bonds is 6. The van der Waals surface area contributed by atoms with Crippen LogP contribution in [0.25, 0.3) is 5.65 Å². The van der Waals surface area contributed by atoms with Crippen LogP contribution in [0.15, 0.2) is 18.3 Å². The predicted octanol–water partition coefficient (Wildman–Crippen LogP) is 2.25. The number of hydrogen-bond acceptors (Lipinski definition) is 10. The Balaban J connectivity index is 1.48. The average Bonchev–Trinajstić information content (AvgIpc) is 3.57. The van der Waals surface area contributed by atoms with Gasteiger partial charge in [0, 0.05) is 12.6 Å². The molecule has 3 aromatic rings. The highest BCUT2D eigenvalue weighted by atomic mass is 35.5. The van der Waals surface area contributed by atoms with Gasteiger partial charge in [-0.25, -0.2) is 9.78 Å². The van der Waals surface area contributed by atoms with Crippen molar-refractivity contribution in [1.82, 2.24) is 24.9 Å². The Morgan fingerprint density at radius 3 is 2.69 bits per heavy atom. The topological polar surface area (TPSA) is 184 Å². The fraction of sp³-hybridized carbons (Fsp3) is 0.318. The minimum Gasteiger partial charge on any atom is -0.465 e. The molecule has 0 bridgehead atoms. The summed E-state index contributed by atoms with van der Waals surface area (Å²) in [5, 5.41) is 41.1. The molecule has 1 aromatic carbocycles. The molecule has 2 fully saturated rings. The van der Waals surface area contributed by atoms with Crippen molar-refractivity contribution in [3.63, 3.8) is 0 Å². The number of benzene rings is 1. The third-order valence-corrected chi connectivity index (χ3v) is 6.28. The molecule has 1 amide bonds. The van der Waals surface area contributed by atoms with E-state index in [0.717, 1.165) is 12.8 Å². The first-order valence-corrected chi connectivity index (χ1v) is 11.4. The van der Waals surface area contributed by atoms with Gasteiger partial charge in [0.2, 0.25) is 5.95 Å². The lowest BCUT2D eigenvalue weighted by Gasteiger charge is -2.33. The molecule has 182 valence electrons. The van der Waals surface area contributed by atoms with Gasteiger partial charge in [-0.05, 0) is 31.4 Å². The monoisotopic (exact) mass is 506 g/mol. The van der Waals surface area contributed by atoms with Gasteiger partial charge in [-0.2, -0.15) is 20.0 Å². The molecule has 5 rings (SSSR count). The fourth-order valence-electron chi connectivity index (χ4n) is 3.97. The van der Waals surface area contributed by atoms with Gasteiger partial charge in [-0.1, -0.05) is 11.6 Å². The Morgan fingerprint density at radius 2 is 2.03 bits per heavy atom. The van der Waals surface area contributed by atoms with Crippen LogP contribution in [0.1, 0.15) is 30.5 Å². The van der Waals surface area contributed by atoms with Crippen molar-refractivity contribution in [3.8, 4) is 12.1 Å². The van der Waals surface area contributed by atoms with Crippen LogP contribution in [0.3, 0.4) is 0 Å². The second kappa shape index (κ2) is 9.20. The van der Waals surface area contributed by atoms with Crippen LogP contribution in [-0.2, 0) is 4.79 Å². The number of anilines is 4. The number of nitrogens with zero attached hydrogens (tertiary/aromatic N) is 7. The third-order valence-electron chi connectivity index (χ3n) is 5.89. The first-order chi connectivity index (χ1) is 17.4. The number of fused-ring (bicyclic) bond motifs is 1. The smallest absolute Gasteiger partial charge is 0.405 e. The highest BCUT2D eigenvalue weighted by Crippen LogP contribution is 2.37. The van der Waals surface area contributed by atoms with E-state index in [4.69, 9.17) is 16.7 Å². The largest absolute Gasteiger partial charge is 0.465 e. The van der Waals surface area contributed by atoms with Gasteiger partial charge < -0.3 is 26.0 Å². The summed E-state index contributed by atoms with van der Waals surface area (Å²) in [6, 6.07) is 6.71. The van der Waals surface area contributed by atoms with Crippen LogP contribution >= 0.6 is 11.6 Å². The molecule has 0 radical (unpaired) electrons.